The average molecular weight is 578 g/mol. The Kier molecular flexibility index (Phi) is 11.1. The Bertz CT molecular complexity index is 1370. The van der Waals surface area contributed by atoms with Gasteiger partial charge in [0.05, 0.1) is 11.9 Å². The zero-order valence-corrected chi connectivity index (χ0v) is 25.7. The predicted molar refractivity (Wildman–Crippen MR) is 166 cm³/mol. The molecule has 8 heteroatoms. The first-order valence-electron chi connectivity index (χ1n) is 14.1. The number of carbonyl (C=O) groups excluding carboxylic acids is 2. The first kappa shape index (κ1) is 31.9. The van der Waals surface area contributed by atoms with Crippen LogP contribution in [0.4, 0.5) is 5.69 Å². The van der Waals surface area contributed by atoms with Crippen LogP contribution in [-0.4, -0.2) is 50.5 Å². The second-order valence-electron chi connectivity index (χ2n) is 11.4. The molecule has 0 spiro atoms. The Morgan fingerprint density at radius 1 is 0.854 bits per heavy atom. The summed E-state index contributed by atoms with van der Waals surface area (Å²) in [6.45, 7) is 8.54. The van der Waals surface area contributed by atoms with Crippen molar-refractivity contribution < 1.29 is 18.0 Å². The largest absolute Gasteiger partial charge is 0.354 e. The molecule has 0 fully saturated rings. The number of sulfonamides is 1. The van der Waals surface area contributed by atoms with E-state index in [1.165, 1.54) is 4.90 Å². The normalized spacial score (nSPS) is 12.4. The third-order valence-corrected chi connectivity index (χ3v) is 8.14. The van der Waals surface area contributed by atoms with Gasteiger partial charge < -0.3 is 10.2 Å². The van der Waals surface area contributed by atoms with Gasteiger partial charge in [-0.1, -0.05) is 107 Å². The van der Waals surface area contributed by atoms with Crippen LogP contribution in [0.25, 0.3) is 0 Å². The molecular formula is C33H43N3O4S. The third-order valence-electron chi connectivity index (χ3n) is 7.00. The fourth-order valence-corrected chi connectivity index (χ4v) is 5.43. The second kappa shape index (κ2) is 14.3. The molecule has 0 radical (unpaired) electrons. The number of anilines is 1. The molecule has 1 N–H and O–H groups in total. The van der Waals surface area contributed by atoms with Crippen molar-refractivity contribution in [2.45, 2.75) is 65.0 Å². The van der Waals surface area contributed by atoms with Crippen molar-refractivity contribution in [2.24, 2.45) is 0 Å². The topological polar surface area (TPSA) is 86.8 Å². The van der Waals surface area contributed by atoms with Crippen molar-refractivity contribution in [1.82, 2.24) is 10.2 Å². The minimum Gasteiger partial charge on any atom is -0.354 e. The molecule has 0 bridgehead atoms. The van der Waals surface area contributed by atoms with Gasteiger partial charge in [0, 0.05) is 19.5 Å². The lowest BCUT2D eigenvalue weighted by molar-refractivity contribution is -0.140. The van der Waals surface area contributed by atoms with Gasteiger partial charge in [-0.3, -0.25) is 13.9 Å². The van der Waals surface area contributed by atoms with E-state index in [-0.39, 0.29) is 17.9 Å². The second-order valence-corrected chi connectivity index (χ2v) is 13.3. The highest BCUT2D eigenvalue weighted by Gasteiger charge is 2.33. The van der Waals surface area contributed by atoms with Crippen LogP contribution in [0.2, 0.25) is 0 Å². The number of rotatable bonds is 13. The fourth-order valence-electron chi connectivity index (χ4n) is 4.58. The summed E-state index contributed by atoms with van der Waals surface area (Å²) in [6, 6.07) is 25.4. The molecule has 0 saturated heterocycles. The molecule has 2 amide bonds. The van der Waals surface area contributed by atoms with Crippen LogP contribution in [0.5, 0.6) is 0 Å². The smallest absolute Gasteiger partial charge is 0.244 e. The highest BCUT2D eigenvalue weighted by atomic mass is 32.2. The molecule has 41 heavy (non-hydrogen) atoms. The lowest BCUT2D eigenvalue weighted by Crippen LogP contribution is -2.53. The van der Waals surface area contributed by atoms with Crippen molar-refractivity contribution in [2.75, 3.05) is 23.7 Å². The van der Waals surface area contributed by atoms with Crippen molar-refractivity contribution in [3.63, 3.8) is 0 Å². The molecule has 3 aromatic rings. The van der Waals surface area contributed by atoms with Gasteiger partial charge in [-0.15, -0.1) is 0 Å². The number of hydrogen-bond acceptors (Lipinski definition) is 4. The third kappa shape index (κ3) is 9.46. The van der Waals surface area contributed by atoms with E-state index in [0.29, 0.717) is 18.7 Å². The maximum Gasteiger partial charge on any atom is 0.244 e. The summed E-state index contributed by atoms with van der Waals surface area (Å²) in [4.78, 5) is 29.2. The highest BCUT2D eigenvalue weighted by Crippen LogP contribution is 2.26. The molecule has 1 unspecified atom stereocenters. The van der Waals surface area contributed by atoms with Gasteiger partial charge in [-0.05, 0) is 40.7 Å². The Morgan fingerprint density at radius 2 is 1.41 bits per heavy atom. The lowest BCUT2D eigenvalue weighted by atomic mass is 9.87. The summed E-state index contributed by atoms with van der Waals surface area (Å²) in [5.74, 6) is -0.710. The van der Waals surface area contributed by atoms with Crippen molar-refractivity contribution in [3.05, 3.63) is 102 Å². The molecular weight excluding hydrogens is 534 g/mol. The molecule has 0 saturated carbocycles. The molecule has 7 nitrogen and oxygen atoms in total. The lowest BCUT2D eigenvalue weighted by Gasteiger charge is -2.33. The van der Waals surface area contributed by atoms with E-state index >= 15 is 0 Å². The number of hydrogen-bond donors (Lipinski definition) is 1. The quantitative estimate of drug-likeness (QED) is 0.279. The van der Waals surface area contributed by atoms with Gasteiger partial charge in [0.2, 0.25) is 21.8 Å². The minimum absolute atomic E-state index is 0.105. The first-order valence-corrected chi connectivity index (χ1v) is 16.0. The number of benzene rings is 3. The monoisotopic (exact) mass is 577 g/mol. The molecule has 3 aromatic carbocycles. The summed E-state index contributed by atoms with van der Waals surface area (Å²) in [5.41, 5.74) is 3.11. The maximum atomic E-state index is 14.1. The molecule has 0 aliphatic rings. The average Bonchev–Trinajstić information content (AvgIpc) is 2.93. The van der Waals surface area contributed by atoms with E-state index in [9.17, 15) is 18.0 Å². The summed E-state index contributed by atoms with van der Waals surface area (Å²) >= 11 is 0. The van der Waals surface area contributed by atoms with Gasteiger partial charge in [0.25, 0.3) is 0 Å². The standard InChI is InChI=1S/C33H43N3O4S/c1-6-7-22-34-32(38)30(23-26-14-10-8-11-15-26)35(24-27-16-12-9-13-17-27)31(37)25-36(41(5,39)40)29-20-18-28(19-21-29)33(2,3)4/h8-21,30H,6-7,22-25H2,1-5H3,(H,34,38). The summed E-state index contributed by atoms with van der Waals surface area (Å²) < 4.78 is 27.1. The molecule has 0 aliphatic heterocycles. The van der Waals surface area contributed by atoms with Crippen LogP contribution in [-0.2, 0) is 38.0 Å². The molecule has 0 heterocycles. The van der Waals surface area contributed by atoms with Crippen LogP contribution in [0.3, 0.4) is 0 Å². The van der Waals surface area contributed by atoms with E-state index in [1.807, 2.05) is 79.7 Å². The summed E-state index contributed by atoms with van der Waals surface area (Å²) in [7, 11) is -3.80. The van der Waals surface area contributed by atoms with E-state index in [0.717, 1.165) is 40.1 Å². The van der Waals surface area contributed by atoms with E-state index in [1.54, 1.807) is 12.1 Å². The number of amides is 2. The van der Waals surface area contributed by atoms with E-state index in [4.69, 9.17) is 0 Å². The summed E-state index contributed by atoms with van der Waals surface area (Å²) in [5, 5.41) is 3.00. The molecule has 1 atom stereocenters. The molecule has 0 aromatic heterocycles. The molecule has 220 valence electrons. The van der Waals surface area contributed by atoms with Crippen molar-refractivity contribution >= 4 is 27.5 Å². The van der Waals surface area contributed by atoms with Crippen molar-refractivity contribution in [1.29, 1.82) is 0 Å². The number of nitrogens with one attached hydrogen (secondary N) is 1. The van der Waals surface area contributed by atoms with Crippen LogP contribution in [0.1, 0.15) is 57.2 Å². The maximum absolute atomic E-state index is 14.1. The Morgan fingerprint density at radius 3 is 1.93 bits per heavy atom. The van der Waals surface area contributed by atoms with Crippen LogP contribution in [0.15, 0.2) is 84.9 Å². The zero-order chi connectivity index (χ0) is 30.0. The SMILES string of the molecule is CCCCNC(=O)C(Cc1ccccc1)N(Cc1ccccc1)C(=O)CN(c1ccc(C(C)(C)C)cc1)S(C)(=O)=O. The van der Waals surface area contributed by atoms with E-state index < -0.39 is 28.5 Å². The Balaban J connectivity index is 2.01. The van der Waals surface area contributed by atoms with Crippen LogP contribution in [0, 0.1) is 0 Å². The fraction of sp³-hybridized carbons (Fsp3) is 0.394. The molecule has 3 rings (SSSR count). The first-order chi connectivity index (χ1) is 19.4. The summed E-state index contributed by atoms with van der Waals surface area (Å²) in [6.07, 6.45) is 3.14. The minimum atomic E-state index is -3.80. The molecule has 0 aliphatic carbocycles. The van der Waals surface area contributed by atoms with Gasteiger partial charge in [0.15, 0.2) is 0 Å². The Hall–Kier alpha value is -3.65. The van der Waals surface area contributed by atoms with Gasteiger partial charge in [0.1, 0.15) is 12.6 Å². The van der Waals surface area contributed by atoms with Gasteiger partial charge in [-0.2, -0.15) is 0 Å². The van der Waals surface area contributed by atoms with Crippen molar-refractivity contribution in [3.8, 4) is 0 Å². The van der Waals surface area contributed by atoms with E-state index in [2.05, 4.69) is 26.1 Å². The zero-order valence-electron chi connectivity index (χ0n) is 24.8. The number of unbranched alkanes of at least 4 members (excludes halogenated alkanes) is 1. The van der Waals surface area contributed by atoms with Gasteiger partial charge in [-0.25, -0.2) is 8.42 Å². The number of carbonyl (C=O) groups is 2. The Labute approximate surface area is 245 Å². The van der Waals surface area contributed by atoms with Crippen LogP contribution >= 0.6 is 0 Å². The highest BCUT2D eigenvalue weighted by molar-refractivity contribution is 7.92. The van der Waals surface area contributed by atoms with Crippen LogP contribution < -0.4 is 9.62 Å². The predicted octanol–water partition coefficient (Wildman–Crippen LogP) is 5.31. The number of nitrogens with zero attached hydrogens (tertiary/aromatic N) is 2. The van der Waals surface area contributed by atoms with Gasteiger partial charge >= 0.3 is 0 Å².